The molecule has 1 aliphatic heterocycles. The zero-order valence-electron chi connectivity index (χ0n) is 12.5. The first kappa shape index (κ1) is 16.4. The number of carbonyl (C=O) groups excluding carboxylic acids is 1. The van der Waals surface area contributed by atoms with Crippen LogP contribution in [0, 0.1) is 5.41 Å². The van der Waals surface area contributed by atoms with Gasteiger partial charge in [-0.05, 0) is 25.0 Å². The SMILES string of the molecule is C[C@]1(C(=O)N2CCN(Cc3ccccc3Cl)CC2)CC1(Cl)Cl. The van der Waals surface area contributed by atoms with Crippen molar-refractivity contribution in [3.63, 3.8) is 0 Å². The first-order valence-electron chi connectivity index (χ1n) is 7.46. The Kier molecular flexibility index (Phi) is 4.36. The fourth-order valence-electron chi connectivity index (χ4n) is 2.96. The van der Waals surface area contributed by atoms with Gasteiger partial charge in [0.15, 0.2) is 0 Å². The molecule has 0 N–H and O–H groups in total. The molecule has 1 aliphatic carbocycles. The minimum absolute atomic E-state index is 0.0786. The van der Waals surface area contributed by atoms with Crippen LogP contribution < -0.4 is 0 Å². The van der Waals surface area contributed by atoms with E-state index in [4.69, 9.17) is 34.8 Å². The van der Waals surface area contributed by atoms with Gasteiger partial charge in [0, 0.05) is 37.7 Å². The Labute approximate surface area is 146 Å². The number of rotatable bonds is 3. The molecule has 0 radical (unpaired) electrons. The largest absolute Gasteiger partial charge is 0.340 e. The van der Waals surface area contributed by atoms with Crippen LogP contribution in [0.25, 0.3) is 0 Å². The quantitative estimate of drug-likeness (QED) is 0.768. The summed E-state index contributed by atoms with van der Waals surface area (Å²) < 4.78 is -0.890. The zero-order valence-corrected chi connectivity index (χ0v) is 14.8. The third kappa shape index (κ3) is 2.96. The van der Waals surface area contributed by atoms with Gasteiger partial charge in [-0.2, -0.15) is 0 Å². The van der Waals surface area contributed by atoms with E-state index < -0.39 is 9.75 Å². The summed E-state index contributed by atoms with van der Waals surface area (Å²) in [6, 6.07) is 7.88. The van der Waals surface area contributed by atoms with Crippen LogP contribution in [-0.2, 0) is 11.3 Å². The van der Waals surface area contributed by atoms with Crippen molar-refractivity contribution in [2.45, 2.75) is 24.2 Å². The smallest absolute Gasteiger partial charge is 0.231 e. The molecule has 2 aliphatic rings. The summed E-state index contributed by atoms with van der Waals surface area (Å²) in [7, 11) is 0. The minimum atomic E-state index is -0.890. The highest BCUT2D eigenvalue weighted by Crippen LogP contribution is 2.64. The Balaban J connectivity index is 1.55. The molecule has 1 heterocycles. The van der Waals surface area contributed by atoms with E-state index in [9.17, 15) is 4.79 Å². The molecule has 0 aromatic heterocycles. The molecule has 1 saturated heterocycles. The van der Waals surface area contributed by atoms with Crippen LogP contribution in [0.1, 0.15) is 18.9 Å². The van der Waals surface area contributed by atoms with E-state index in [1.165, 1.54) is 0 Å². The topological polar surface area (TPSA) is 23.6 Å². The van der Waals surface area contributed by atoms with Crippen LogP contribution >= 0.6 is 34.8 Å². The molecule has 0 spiro atoms. The van der Waals surface area contributed by atoms with Crippen LogP contribution in [0.3, 0.4) is 0 Å². The fourth-order valence-corrected chi connectivity index (χ4v) is 3.85. The molecule has 0 unspecified atom stereocenters. The zero-order chi connectivity index (χ0) is 16.0. The van der Waals surface area contributed by atoms with Crippen molar-refractivity contribution in [2.75, 3.05) is 26.2 Å². The molecule has 22 heavy (non-hydrogen) atoms. The fraction of sp³-hybridized carbons (Fsp3) is 0.562. The van der Waals surface area contributed by atoms with Gasteiger partial charge in [-0.1, -0.05) is 29.8 Å². The molecule has 1 amide bonds. The molecule has 1 saturated carbocycles. The number of amides is 1. The van der Waals surface area contributed by atoms with Crippen LogP contribution in [-0.4, -0.2) is 46.2 Å². The summed E-state index contributed by atoms with van der Waals surface area (Å²) in [6.45, 7) is 5.76. The number of alkyl halides is 2. The molecule has 0 bridgehead atoms. The van der Waals surface area contributed by atoms with E-state index >= 15 is 0 Å². The molecule has 120 valence electrons. The van der Waals surface area contributed by atoms with E-state index in [1.54, 1.807) is 0 Å². The molecule has 3 rings (SSSR count). The standard InChI is InChI=1S/C16H19Cl3N2O/c1-15(11-16(15,18)19)14(22)21-8-6-20(7-9-21)10-12-4-2-3-5-13(12)17/h2-5H,6-11H2,1H3/t15-/m1/s1. The molecule has 2 fully saturated rings. The van der Waals surface area contributed by atoms with Crippen molar-refractivity contribution < 1.29 is 4.79 Å². The predicted octanol–water partition coefficient (Wildman–Crippen LogP) is 3.57. The van der Waals surface area contributed by atoms with E-state index in [-0.39, 0.29) is 5.91 Å². The molecule has 6 heteroatoms. The van der Waals surface area contributed by atoms with Crippen molar-refractivity contribution in [1.82, 2.24) is 9.80 Å². The number of benzene rings is 1. The predicted molar refractivity (Wildman–Crippen MR) is 90.5 cm³/mol. The highest BCUT2D eigenvalue weighted by molar-refractivity contribution is 6.53. The normalized spacial score (nSPS) is 27.7. The maximum atomic E-state index is 12.5. The Hall–Kier alpha value is -0.480. The number of nitrogens with zero attached hydrogens (tertiary/aromatic N) is 2. The summed E-state index contributed by atoms with van der Waals surface area (Å²) in [6.07, 6.45) is 0.543. The average molecular weight is 362 g/mol. The number of carbonyl (C=O) groups is 1. The number of hydrogen-bond donors (Lipinski definition) is 0. The summed E-state index contributed by atoms with van der Waals surface area (Å²) >= 11 is 18.4. The van der Waals surface area contributed by atoms with Gasteiger partial charge in [0.05, 0.1) is 5.41 Å². The minimum Gasteiger partial charge on any atom is -0.340 e. The van der Waals surface area contributed by atoms with Crippen molar-refractivity contribution in [1.29, 1.82) is 0 Å². The number of halogens is 3. The van der Waals surface area contributed by atoms with Crippen LogP contribution in [0.5, 0.6) is 0 Å². The molecule has 3 nitrogen and oxygen atoms in total. The summed E-state index contributed by atoms with van der Waals surface area (Å²) in [5.41, 5.74) is 0.514. The molecule has 1 aromatic carbocycles. The molecule has 1 atom stereocenters. The highest BCUT2D eigenvalue weighted by atomic mass is 35.5. The Morgan fingerprint density at radius 3 is 2.32 bits per heavy atom. The lowest BCUT2D eigenvalue weighted by atomic mass is 10.1. The van der Waals surface area contributed by atoms with Gasteiger partial charge in [-0.25, -0.2) is 0 Å². The Bertz CT molecular complexity index is 585. The van der Waals surface area contributed by atoms with E-state index in [0.717, 1.165) is 30.2 Å². The average Bonchev–Trinajstić information content (AvgIpc) is 3.01. The summed E-state index contributed by atoms with van der Waals surface area (Å²) in [4.78, 5) is 16.7. The summed E-state index contributed by atoms with van der Waals surface area (Å²) in [5.74, 6) is 0.0786. The van der Waals surface area contributed by atoms with Gasteiger partial charge in [0.2, 0.25) is 5.91 Å². The highest BCUT2D eigenvalue weighted by Gasteiger charge is 2.68. The van der Waals surface area contributed by atoms with Gasteiger partial charge < -0.3 is 4.90 Å². The second-order valence-corrected chi connectivity index (χ2v) is 8.26. The van der Waals surface area contributed by atoms with Crippen molar-refractivity contribution >= 4 is 40.7 Å². The number of piperazine rings is 1. The van der Waals surface area contributed by atoms with Gasteiger partial charge >= 0.3 is 0 Å². The maximum absolute atomic E-state index is 12.5. The monoisotopic (exact) mass is 360 g/mol. The summed E-state index contributed by atoms with van der Waals surface area (Å²) in [5, 5.41) is 0.792. The lowest BCUT2D eigenvalue weighted by Crippen LogP contribution is -2.50. The first-order chi connectivity index (χ1) is 10.3. The van der Waals surface area contributed by atoms with Crippen molar-refractivity contribution in [2.24, 2.45) is 5.41 Å². The van der Waals surface area contributed by atoms with E-state index in [0.29, 0.717) is 19.5 Å². The van der Waals surface area contributed by atoms with Crippen LogP contribution in [0.15, 0.2) is 24.3 Å². The number of hydrogen-bond acceptors (Lipinski definition) is 2. The third-order valence-corrected chi connectivity index (χ3v) is 6.21. The Morgan fingerprint density at radius 1 is 1.18 bits per heavy atom. The molecular formula is C16H19Cl3N2O. The molecule has 1 aromatic rings. The van der Waals surface area contributed by atoms with Crippen LogP contribution in [0.2, 0.25) is 5.02 Å². The second kappa shape index (κ2) is 5.86. The lowest BCUT2D eigenvalue weighted by molar-refractivity contribution is -0.138. The van der Waals surface area contributed by atoms with Gasteiger partial charge in [0.25, 0.3) is 0 Å². The van der Waals surface area contributed by atoms with E-state index in [2.05, 4.69) is 4.90 Å². The second-order valence-electron chi connectivity index (χ2n) is 6.37. The van der Waals surface area contributed by atoms with Crippen LogP contribution in [0.4, 0.5) is 0 Å². The van der Waals surface area contributed by atoms with Gasteiger partial charge in [0.1, 0.15) is 4.33 Å². The van der Waals surface area contributed by atoms with Crippen molar-refractivity contribution in [3.05, 3.63) is 34.9 Å². The maximum Gasteiger partial charge on any atom is 0.231 e. The third-order valence-electron chi connectivity index (χ3n) is 4.74. The molecular weight excluding hydrogens is 343 g/mol. The Morgan fingerprint density at radius 2 is 1.77 bits per heavy atom. The first-order valence-corrected chi connectivity index (χ1v) is 8.60. The van der Waals surface area contributed by atoms with E-state index in [1.807, 2.05) is 36.1 Å². The van der Waals surface area contributed by atoms with Crippen molar-refractivity contribution in [3.8, 4) is 0 Å². The van der Waals surface area contributed by atoms with Gasteiger partial charge in [-0.3, -0.25) is 9.69 Å². The van der Waals surface area contributed by atoms with Gasteiger partial charge in [-0.15, -0.1) is 23.2 Å². The lowest BCUT2D eigenvalue weighted by Gasteiger charge is -2.36.